The molecule has 0 aromatic carbocycles. The lowest BCUT2D eigenvalue weighted by molar-refractivity contribution is 0.193. The van der Waals surface area contributed by atoms with Gasteiger partial charge >= 0.3 is 0 Å². The molecule has 2 fully saturated rings. The SMILES string of the molecule is ClCC1(Cc2nccs2)CC2CCC1C2. The van der Waals surface area contributed by atoms with Crippen molar-refractivity contribution in [3.8, 4) is 0 Å². The minimum absolute atomic E-state index is 0.391. The highest BCUT2D eigenvalue weighted by Gasteiger charge is 2.50. The van der Waals surface area contributed by atoms with E-state index < -0.39 is 0 Å². The number of halogens is 1. The van der Waals surface area contributed by atoms with Crippen molar-refractivity contribution in [1.29, 1.82) is 0 Å². The van der Waals surface area contributed by atoms with Gasteiger partial charge in [-0.05, 0) is 36.5 Å². The van der Waals surface area contributed by atoms with Gasteiger partial charge in [0, 0.05) is 23.9 Å². The Hall–Kier alpha value is -0.0800. The summed E-state index contributed by atoms with van der Waals surface area (Å²) in [4.78, 5) is 4.42. The van der Waals surface area contributed by atoms with Crippen LogP contribution in [0.15, 0.2) is 11.6 Å². The Kier molecular flexibility index (Phi) is 2.52. The van der Waals surface area contributed by atoms with E-state index in [9.17, 15) is 0 Å². The van der Waals surface area contributed by atoms with Crippen molar-refractivity contribution in [1.82, 2.24) is 4.98 Å². The van der Waals surface area contributed by atoms with Crippen LogP contribution in [0.25, 0.3) is 0 Å². The lowest BCUT2D eigenvalue weighted by Crippen LogP contribution is -2.32. The quantitative estimate of drug-likeness (QED) is 0.735. The molecule has 1 aromatic rings. The Morgan fingerprint density at radius 3 is 3.00 bits per heavy atom. The highest BCUT2D eigenvalue weighted by molar-refractivity contribution is 7.09. The molecule has 0 saturated heterocycles. The number of thiazole rings is 1. The number of hydrogen-bond donors (Lipinski definition) is 0. The average molecular weight is 242 g/mol. The average Bonchev–Trinajstić information content (AvgIpc) is 2.93. The van der Waals surface area contributed by atoms with Crippen LogP contribution in [0, 0.1) is 17.3 Å². The molecule has 2 saturated carbocycles. The fourth-order valence-corrected chi connectivity index (χ4v) is 4.82. The molecule has 3 rings (SSSR count). The third kappa shape index (κ3) is 1.62. The van der Waals surface area contributed by atoms with Gasteiger partial charge in [-0.1, -0.05) is 6.42 Å². The predicted octanol–water partition coefficient (Wildman–Crippen LogP) is 3.73. The second-order valence-corrected chi connectivity index (χ2v) is 6.43. The van der Waals surface area contributed by atoms with Gasteiger partial charge in [0.15, 0.2) is 0 Å². The molecule has 3 atom stereocenters. The zero-order valence-corrected chi connectivity index (χ0v) is 10.4. The van der Waals surface area contributed by atoms with Gasteiger partial charge in [-0.2, -0.15) is 0 Å². The van der Waals surface area contributed by atoms with E-state index in [1.165, 1.54) is 30.7 Å². The Balaban J connectivity index is 1.82. The Morgan fingerprint density at radius 2 is 2.47 bits per heavy atom. The molecule has 0 radical (unpaired) electrons. The molecule has 0 aliphatic heterocycles. The van der Waals surface area contributed by atoms with Crippen LogP contribution in [0.2, 0.25) is 0 Å². The normalized spacial score (nSPS) is 38.7. The van der Waals surface area contributed by atoms with Crippen LogP contribution < -0.4 is 0 Å². The first kappa shape index (κ1) is 10.1. The number of nitrogens with zero attached hydrogens (tertiary/aromatic N) is 1. The second kappa shape index (κ2) is 3.74. The number of alkyl halides is 1. The Morgan fingerprint density at radius 1 is 1.53 bits per heavy atom. The first-order valence-corrected chi connectivity index (χ1v) is 7.18. The van der Waals surface area contributed by atoms with E-state index in [2.05, 4.69) is 10.4 Å². The van der Waals surface area contributed by atoms with Crippen LogP contribution in [0.4, 0.5) is 0 Å². The van der Waals surface area contributed by atoms with Crippen LogP contribution in [-0.2, 0) is 6.42 Å². The van der Waals surface area contributed by atoms with Crippen LogP contribution in [0.1, 0.15) is 30.7 Å². The molecule has 3 heteroatoms. The van der Waals surface area contributed by atoms with E-state index in [4.69, 9.17) is 11.6 Å². The summed E-state index contributed by atoms with van der Waals surface area (Å²) in [6, 6.07) is 0. The van der Waals surface area contributed by atoms with Crippen LogP contribution >= 0.6 is 22.9 Å². The van der Waals surface area contributed by atoms with E-state index in [0.717, 1.165) is 24.1 Å². The molecular weight excluding hydrogens is 226 g/mol. The summed E-state index contributed by atoms with van der Waals surface area (Å²) in [5.41, 5.74) is 0.391. The Bertz CT molecular complexity index is 337. The zero-order chi connectivity index (χ0) is 10.3. The maximum absolute atomic E-state index is 6.25. The van der Waals surface area contributed by atoms with Crippen molar-refractivity contribution in [2.24, 2.45) is 17.3 Å². The van der Waals surface area contributed by atoms with E-state index in [-0.39, 0.29) is 0 Å². The lowest BCUT2D eigenvalue weighted by Gasteiger charge is -2.35. The summed E-state index contributed by atoms with van der Waals surface area (Å²) in [6.45, 7) is 0. The molecule has 2 aliphatic rings. The van der Waals surface area contributed by atoms with E-state index in [1.807, 2.05) is 6.20 Å². The fourth-order valence-electron chi connectivity index (χ4n) is 3.63. The second-order valence-electron chi connectivity index (χ2n) is 5.18. The molecule has 2 aliphatic carbocycles. The third-order valence-electron chi connectivity index (χ3n) is 4.36. The van der Waals surface area contributed by atoms with Gasteiger partial charge in [-0.15, -0.1) is 22.9 Å². The fraction of sp³-hybridized carbons (Fsp3) is 0.750. The number of aromatic nitrogens is 1. The number of fused-ring (bicyclic) bond motifs is 2. The first-order chi connectivity index (χ1) is 7.32. The molecule has 1 heterocycles. The van der Waals surface area contributed by atoms with Gasteiger partial charge in [0.05, 0.1) is 5.01 Å². The molecule has 0 amide bonds. The number of hydrogen-bond acceptors (Lipinski definition) is 2. The van der Waals surface area contributed by atoms with E-state index >= 15 is 0 Å². The van der Waals surface area contributed by atoms with Crippen molar-refractivity contribution in [2.45, 2.75) is 32.1 Å². The van der Waals surface area contributed by atoms with Gasteiger partial charge in [0.2, 0.25) is 0 Å². The van der Waals surface area contributed by atoms with Gasteiger partial charge in [-0.3, -0.25) is 0 Å². The van der Waals surface area contributed by atoms with Crippen molar-refractivity contribution >= 4 is 22.9 Å². The smallest absolute Gasteiger partial charge is 0.0930 e. The van der Waals surface area contributed by atoms with Crippen molar-refractivity contribution in [3.05, 3.63) is 16.6 Å². The largest absolute Gasteiger partial charge is 0.250 e. The summed E-state index contributed by atoms with van der Waals surface area (Å²) in [6.07, 6.45) is 8.66. The molecule has 82 valence electrons. The lowest BCUT2D eigenvalue weighted by atomic mass is 9.72. The van der Waals surface area contributed by atoms with E-state index in [0.29, 0.717) is 5.41 Å². The highest BCUT2D eigenvalue weighted by Crippen LogP contribution is 2.57. The molecule has 0 spiro atoms. The van der Waals surface area contributed by atoms with Gasteiger partial charge in [-0.25, -0.2) is 4.98 Å². The third-order valence-corrected chi connectivity index (χ3v) is 5.67. The van der Waals surface area contributed by atoms with Crippen LogP contribution in [-0.4, -0.2) is 10.9 Å². The van der Waals surface area contributed by atoms with Crippen molar-refractivity contribution in [2.75, 3.05) is 5.88 Å². The number of rotatable bonds is 3. The van der Waals surface area contributed by atoms with Gasteiger partial charge < -0.3 is 0 Å². The standard InChI is InChI=1S/C12H16ClNS/c13-8-12(7-11-14-3-4-15-11)6-9-1-2-10(12)5-9/h3-4,9-10H,1-2,5-8H2. The minimum atomic E-state index is 0.391. The van der Waals surface area contributed by atoms with Crippen molar-refractivity contribution in [3.63, 3.8) is 0 Å². The monoisotopic (exact) mass is 241 g/mol. The molecule has 15 heavy (non-hydrogen) atoms. The summed E-state index contributed by atoms with van der Waals surface area (Å²) >= 11 is 8.03. The summed E-state index contributed by atoms with van der Waals surface area (Å²) in [5.74, 6) is 2.67. The predicted molar refractivity (Wildman–Crippen MR) is 64.4 cm³/mol. The van der Waals surface area contributed by atoms with Gasteiger partial charge in [0.1, 0.15) is 0 Å². The molecule has 3 unspecified atom stereocenters. The van der Waals surface area contributed by atoms with Crippen molar-refractivity contribution < 1.29 is 0 Å². The summed E-state index contributed by atoms with van der Waals surface area (Å²) in [5, 5.41) is 3.35. The first-order valence-electron chi connectivity index (χ1n) is 5.77. The molecular formula is C12H16ClNS. The topological polar surface area (TPSA) is 12.9 Å². The molecule has 2 bridgehead atoms. The van der Waals surface area contributed by atoms with E-state index in [1.54, 1.807) is 11.3 Å². The van der Waals surface area contributed by atoms with Crippen LogP contribution in [0.3, 0.4) is 0 Å². The molecule has 0 N–H and O–H groups in total. The summed E-state index contributed by atoms with van der Waals surface area (Å²) in [7, 11) is 0. The van der Waals surface area contributed by atoms with Gasteiger partial charge in [0.25, 0.3) is 0 Å². The zero-order valence-electron chi connectivity index (χ0n) is 8.79. The maximum atomic E-state index is 6.25. The minimum Gasteiger partial charge on any atom is -0.250 e. The molecule has 1 nitrogen and oxygen atoms in total. The Labute approximate surface area is 99.9 Å². The van der Waals surface area contributed by atoms with Crippen LogP contribution in [0.5, 0.6) is 0 Å². The maximum Gasteiger partial charge on any atom is 0.0930 e. The highest BCUT2D eigenvalue weighted by atomic mass is 35.5. The molecule has 1 aromatic heterocycles. The summed E-state index contributed by atoms with van der Waals surface area (Å²) < 4.78 is 0.